The van der Waals surface area contributed by atoms with Crippen LogP contribution < -0.4 is 9.64 Å². The van der Waals surface area contributed by atoms with Gasteiger partial charge in [-0.15, -0.1) is 0 Å². The molecular formula is C18H18N2O4. The molecule has 0 bridgehead atoms. The van der Waals surface area contributed by atoms with Gasteiger partial charge in [0.05, 0.1) is 4.92 Å². The molecule has 6 heteroatoms. The van der Waals surface area contributed by atoms with E-state index in [1.165, 1.54) is 12.1 Å². The van der Waals surface area contributed by atoms with Gasteiger partial charge in [0, 0.05) is 18.3 Å². The second-order valence-electron chi connectivity index (χ2n) is 5.86. The molecule has 0 N–H and O–H groups in total. The summed E-state index contributed by atoms with van der Waals surface area (Å²) in [4.78, 5) is 25.1. The van der Waals surface area contributed by atoms with Gasteiger partial charge in [-0.05, 0) is 43.5 Å². The van der Waals surface area contributed by atoms with E-state index >= 15 is 0 Å². The largest absolute Gasteiger partial charge is 0.474 e. The maximum atomic E-state index is 12.7. The molecule has 1 aliphatic rings. The molecule has 24 heavy (non-hydrogen) atoms. The van der Waals surface area contributed by atoms with E-state index in [2.05, 4.69) is 0 Å². The van der Waals surface area contributed by atoms with Crippen molar-refractivity contribution < 1.29 is 14.5 Å². The Morgan fingerprint density at radius 2 is 2.04 bits per heavy atom. The van der Waals surface area contributed by atoms with Gasteiger partial charge in [0.1, 0.15) is 0 Å². The summed E-state index contributed by atoms with van der Waals surface area (Å²) in [6, 6.07) is 12.4. The van der Waals surface area contributed by atoms with Crippen LogP contribution in [0, 0.1) is 17.0 Å². The highest BCUT2D eigenvalue weighted by Crippen LogP contribution is 2.31. The van der Waals surface area contributed by atoms with Crippen molar-refractivity contribution in [3.05, 3.63) is 63.7 Å². The predicted molar refractivity (Wildman–Crippen MR) is 90.4 cm³/mol. The van der Waals surface area contributed by atoms with Crippen LogP contribution in [-0.4, -0.2) is 23.5 Å². The van der Waals surface area contributed by atoms with Crippen LogP contribution in [0.1, 0.15) is 18.1 Å². The van der Waals surface area contributed by atoms with Gasteiger partial charge < -0.3 is 9.64 Å². The van der Waals surface area contributed by atoms with E-state index in [1.54, 1.807) is 24.8 Å². The molecule has 1 aliphatic heterocycles. The standard InChI is InChI=1S/C18H18N2O4/c1-12-7-8-17(16(11-12)20(22)23)24-13(2)18(21)19-10-9-14-5-3-4-6-15(14)19/h3-8,11,13H,9-10H2,1-2H3/t13-/m0/s1. The SMILES string of the molecule is Cc1ccc(O[C@@H](C)C(=O)N2CCc3ccccc32)c([N+](=O)[O-])c1. The van der Waals surface area contributed by atoms with E-state index in [0.717, 1.165) is 23.2 Å². The van der Waals surface area contributed by atoms with Gasteiger partial charge >= 0.3 is 5.69 Å². The Balaban J connectivity index is 1.80. The third kappa shape index (κ3) is 2.95. The fraction of sp³-hybridized carbons (Fsp3) is 0.278. The molecule has 0 unspecified atom stereocenters. The lowest BCUT2D eigenvalue weighted by atomic mass is 10.2. The van der Waals surface area contributed by atoms with Crippen LogP contribution in [0.15, 0.2) is 42.5 Å². The van der Waals surface area contributed by atoms with Crippen LogP contribution in [0.2, 0.25) is 0 Å². The zero-order valence-corrected chi connectivity index (χ0v) is 13.6. The van der Waals surface area contributed by atoms with E-state index in [9.17, 15) is 14.9 Å². The minimum absolute atomic E-state index is 0.110. The van der Waals surface area contributed by atoms with E-state index in [1.807, 2.05) is 24.3 Å². The molecular weight excluding hydrogens is 308 g/mol. The van der Waals surface area contributed by atoms with E-state index < -0.39 is 11.0 Å². The molecule has 2 aromatic carbocycles. The summed E-state index contributed by atoms with van der Waals surface area (Å²) in [6.45, 7) is 3.99. The van der Waals surface area contributed by atoms with Crippen molar-refractivity contribution >= 4 is 17.3 Å². The Morgan fingerprint density at radius 1 is 1.29 bits per heavy atom. The zero-order chi connectivity index (χ0) is 17.3. The fourth-order valence-corrected chi connectivity index (χ4v) is 2.90. The summed E-state index contributed by atoms with van der Waals surface area (Å²) in [6.07, 6.45) is -0.00294. The van der Waals surface area contributed by atoms with Crippen molar-refractivity contribution in [2.24, 2.45) is 0 Å². The molecule has 1 heterocycles. The molecule has 0 fully saturated rings. The highest BCUT2D eigenvalue weighted by atomic mass is 16.6. The van der Waals surface area contributed by atoms with Crippen LogP contribution in [0.3, 0.4) is 0 Å². The summed E-state index contributed by atoms with van der Waals surface area (Å²) in [5.41, 5.74) is 2.65. The van der Waals surface area contributed by atoms with Crippen molar-refractivity contribution in [3.8, 4) is 5.75 Å². The Bertz CT molecular complexity index is 803. The van der Waals surface area contributed by atoms with Crippen molar-refractivity contribution in [1.29, 1.82) is 0 Å². The van der Waals surface area contributed by atoms with Crippen LogP contribution in [0.25, 0.3) is 0 Å². The molecule has 1 amide bonds. The third-order valence-corrected chi connectivity index (χ3v) is 4.12. The van der Waals surface area contributed by atoms with Gasteiger partial charge in [0.25, 0.3) is 5.91 Å². The van der Waals surface area contributed by atoms with Gasteiger partial charge in [-0.1, -0.05) is 24.3 Å². The van der Waals surface area contributed by atoms with Crippen molar-refractivity contribution in [2.75, 3.05) is 11.4 Å². The number of rotatable bonds is 4. The van der Waals surface area contributed by atoms with Gasteiger partial charge in [-0.2, -0.15) is 0 Å². The summed E-state index contributed by atoms with van der Waals surface area (Å²) < 4.78 is 5.62. The number of hydrogen-bond acceptors (Lipinski definition) is 4. The minimum atomic E-state index is -0.808. The van der Waals surface area contributed by atoms with Crippen molar-refractivity contribution in [1.82, 2.24) is 0 Å². The highest BCUT2D eigenvalue weighted by molar-refractivity contribution is 5.98. The quantitative estimate of drug-likeness (QED) is 0.638. The Morgan fingerprint density at radius 3 is 2.79 bits per heavy atom. The Labute approximate surface area is 139 Å². The number of nitrogens with zero attached hydrogens (tertiary/aromatic N) is 2. The lowest BCUT2D eigenvalue weighted by molar-refractivity contribution is -0.386. The average molecular weight is 326 g/mol. The molecule has 6 nitrogen and oxygen atoms in total. The molecule has 1 atom stereocenters. The van der Waals surface area contributed by atoms with Gasteiger partial charge in [-0.25, -0.2) is 0 Å². The third-order valence-electron chi connectivity index (χ3n) is 4.12. The molecule has 0 aliphatic carbocycles. The number of para-hydroxylation sites is 1. The second-order valence-corrected chi connectivity index (χ2v) is 5.86. The first-order chi connectivity index (χ1) is 11.5. The molecule has 124 valence electrons. The maximum absolute atomic E-state index is 12.7. The number of benzene rings is 2. The van der Waals surface area contributed by atoms with E-state index in [-0.39, 0.29) is 17.3 Å². The van der Waals surface area contributed by atoms with Crippen LogP contribution in [0.5, 0.6) is 5.75 Å². The Kier molecular flexibility index (Phi) is 4.20. The van der Waals surface area contributed by atoms with Crippen LogP contribution in [0.4, 0.5) is 11.4 Å². The van der Waals surface area contributed by atoms with Crippen molar-refractivity contribution in [2.45, 2.75) is 26.4 Å². The predicted octanol–water partition coefficient (Wildman–Crippen LogP) is 3.26. The monoisotopic (exact) mass is 326 g/mol. The van der Waals surface area contributed by atoms with E-state index in [4.69, 9.17) is 4.74 Å². The maximum Gasteiger partial charge on any atom is 0.311 e. The summed E-state index contributed by atoms with van der Waals surface area (Å²) >= 11 is 0. The first kappa shape index (κ1) is 16.0. The van der Waals surface area contributed by atoms with Gasteiger partial charge in [0.15, 0.2) is 11.9 Å². The molecule has 0 saturated carbocycles. The second kappa shape index (κ2) is 6.31. The number of ether oxygens (including phenoxy) is 1. The smallest absolute Gasteiger partial charge is 0.311 e. The molecule has 0 radical (unpaired) electrons. The normalized spacial score (nSPS) is 14.2. The Hall–Kier alpha value is -2.89. The summed E-state index contributed by atoms with van der Waals surface area (Å²) in [7, 11) is 0. The summed E-state index contributed by atoms with van der Waals surface area (Å²) in [5.74, 6) is -0.0891. The number of hydrogen-bond donors (Lipinski definition) is 0. The number of carbonyl (C=O) groups is 1. The number of nitro groups is 1. The fourth-order valence-electron chi connectivity index (χ4n) is 2.90. The number of carbonyl (C=O) groups excluding carboxylic acids is 1. The molecule has 0 aromatic heterocycles. The molecule has 2 aromatic rings. The van der Waals surface area contributed by atoms with Gasteiger partial charge in [0.2, 0.25) is 0 Å². The zero-order valence-electron chi connectivity index (χ0n) is 13.6. The number of anilines is 1. The molecule has 0 saturated heterocycles. The van der Waals surface area contributed by atoms with Gasteiger partial charge in [-0.3, -0.25) is 14.9 Å². The first-order valence-electron chi connectivity index (χ1n) is 7.78. The first-order valence-corrected chi connectivity index (χ1v) is 7.78. The lowest BCUT2D eigenvalue weighted by Gasteiger charge is -2.22. The number of fused-ring (bicyclic) bond motifs is 1. The number of nitro benzene ring substituents is 1. The van der Waals surface area contributed by atoms with Crippen LogP contribution in [-0.2, 0) is 11.2 Å². The molecule has 3 rings (SSSR count). The summed E-state index contributed by atoms with van der Waals surface area (Å²) in [5, 5.41) is 11.2. The molecule has 0 spiro atoms. The van der Waals surface area contributed by atoms with E-state index in [0.29, 0.717) is 6.54 Å². The van der Waals surface area contributed by atoms with Crippen molar-refractivity contribution in [3.63, 3.8) is 0 Å². The number of aryl methyl sites for hydroxylation is 1. The highest BCUT2D eigenvalue weighted by Gasteiger charge is 2.30. The average Bonchev–Trinajstić information content (AvgIpc) is 2.99. The lowest BCUT2D eigenvalue weighted by Crippen LogP contribution is -2.39. The van der Waals surface area contributed by atoms with Crippen LogP contribution >= 0.6 is 0 Å². The minimum Gasteiger partial charge on any atom is -0.474 e. The number of amides is 1. The topological polar surface area (TPSA) is 72.7 Å².